The smallest absolute Gasteiger partial charge is 0.263 e. The molecule has 23 heavy (non-hydrogen) atoms. The minimum Gasteiger partial charge on any atom is -0.489 e. The molecule has 2 N–H and O–H groups in total. The lowest BCUT2D eigenvalue weighted by molar-refractivity contribution is 0.362. The molecule has 1 aromatic heterocycles. The van der Waals surface area contributed by atoms with Crippen molar-refractivity contribution in [2.75, 3.05) is 30.3 Å². The van der Waals surface area contributed by atoms with E-state index in [1.165, 1.54) is 0 Å². The first-order chi connectivity index (χ1) is 11.2. The first-order valence-corrected chi connectivity index (χ1v) is 7.40. The molecule has 0 atom stereocenters. The molecule has 122 valence electrons. The zero-order valence-corrected chi connectivity index (χ0v) is 13.4. The van der Waals surface area contributed by atoms with Gasteiger partial charge in [0, 0.05) is 30.4 Å². The van der Waals surface area contributed by atoms with Gasteiger partial charge in [-0.05, 0) is 36.4 Å². The molecule has 1 aromatic carbocycles. The van der Waals surface area contributed by atoms with Gasteiger partial charge in [-0.15, -0.1) is 0 Å². The van der Waals surface area contributed by atoms with E-state index in [4.69, 9.17) is 10.5 Å². The highest BCUT2D eigenvalue weighted by Gasteiger charge is 2.08. The normalized spacial score (nSPS) is 10.9. The molecule has 0 fully saturated rings. The average Bonchev–Trinajstić information content (AvgIpc) is 2.98. The van der Waals surface area contributed by atoms with Crippen LogP contribution in [0.25, 0.3) is 0 Å². The molecule has 0 bridgehead atoms. The predicted octanol–water partition coefficient (Wildman–Crippen LogP) is 1.55. The molecule has 2 rings (SSSR count). The van der Waals surface area contributed by atoms with Crippen LogP contribution < -0.4 is 15.4 Å². The number of aromatic nitrogens is 4. The highest BCUT2D eigenvalue weighted by atomic mass is 16.5. The van der Waals surface area contributed by atoms with Gasteiger partial charge in [0.05, 0.1) is 6.21 Å². The van der Waals surface area contributed by atoms with Crippen molar-refractivity contribution < 1.29 is 4.74 Å². The van der Waals surface area contributed by atoms with Crippen LogP contribution in [0, 0.1) is 0 Å². The fraction of sp³-hybridized carbons (Fsp3) is 0.333. The first kappa shape index (κ1) is 16.5. The molecule has 0 radical (unpaired) electrons. The van der Waals surface area contributed by atoms with Crippen LogP contribution in [0.3, 0.4) is 0 Å². The van der Waals surface area contributed by atoms with E-state index in [1.54, 1.807) is 12.3 Å². The summed E-state index contributed by atoms with van der Waals surface area (Å²) >= 11 is 0. The van der Waals surface area contributed by atoms with Gasteiger partial charge in [-0.2, -0.15) is 5.10 Å². The number of ether oxygens (including phenoxy) is 1. The molecule has 2 aromatic rings. The van der Waals surface area contributed by atoms with Gasteiger partial charge in [0.25, 0.3) is 5.95 Å². The molecule has 0 saturated carbocycles. The van der Waals surface area contributed by atoms with Crippen LogP contribution in [0.4, 0.5) is 11.6 Å². The Labute approximate surface area is 135 Å². The zero-order chi connectivity index (χ0) is 16.7. The van der Waals surface area contributed by atoms with Crippen LogP contribution in [0.5, 0.6) is 5.75 Å². The van der Waals surface area contributed by atoms with Crippen molar-refractivity contribution in [2.45, 2.75) is 13.8 Å². The van der Waals surface area contributed by atoms with Crippen LogP contribution in [0.15, 0.2) is 36.0 Å². The number of tetrazole rings is 1. The van der Waals surface area contributed by atoms with E-state index in [-0.39, 0.29) is 5.95 Å². The lowest BCUT2D eigenvalue weighted by Crippen LogP contribution is -2.21. The molecule has 8 nitrogen and oxygen atoms in total. The Hall–Kier alpha value is -2.90. The van der Waals surface area contributed by atoms with Crippen LogP contribution in [0.1, 0.15) is 19.4 Å². The van der Waals surface area contributed by atoms with Gasteiger partial charge in [-0.25, -0.2) is 0 Å². The van der Waals surface area contributed by atoms with Gasteiger partial charge in [0.1, 0.15) is 12.4 Å². The molecule has 0 aliphatic carbocycles. The summed E-state index contributed by atoms with van der Waals surface area (Å²) in [7, 11) is 0. The first-order valence-electron chi connectivity index (χ1n) is 7.40. The largest absolute Gasteiger partial charge is 0.489 e. The third-order valence-corrected chi connectivity index (χ3v) is 3.27. The minimum absolute atomic E-state index is 0.120. The van der Waals surface area contributed by atoms with Gasteiger partial charge in [-0.3, -0.25) is 0 Å². The molecule has 8 heteroatoms. The number of hydrogen-bond acceptors (Lipinski definition) is 7. The monoisotopic (exact) mass is 315 g/mol. The van der Waals surface area contributed by atoms with Gasteiger partial charge < -0.3 is 15.4 Å². The summed E-state index contributed by atoms with van der Waals surface area (Å²) in [6.07, 6.45) is 3.31. The number of rotatable bonds is 8. The summed E-state index contributed by atoms with van der Waals surface area (Å²) in [5, 5.41) is 14.8. The van der Waals surface area contributed by atoms with Gasteiger partial charge in [-0.1, -0.05) is 22.5 Å². The van der Waals surface area contributed by atoms with E-state index < -0.39 is 0 Å². The SMILES string of the molecule is C=CCOc1cc(N(CC)CC)ccc1/C=N/n1nnnc1N. The number of benzene rings is 1. The summed E-state index contributed by atoms with van der Waals surface area (Å²) in [4.78, 5) is 3.39. The Morgan fingerprint density at radius 3 is 2.78 bits per heavy atom. The van der Waals surface area contributed by atoms with Crippen LogP contribution in [-0.2, 0) is 0 Å². The number of anilines is 2. The van der Waals surface area contributed by atoms with Crippen molar-refractivity contribution in [1.82, 2.24) is 20.3 Å². The molecule has 0 spiro atoms. The summed E-state index contributed by atoms with van der Waals surface area (Å²) in [5.74, 6) is 0.833. The zero-order valence-electron chi connectivity index (χ0n) is 13.4. The van der Waals surface area contributed by atoms with Crippen LogP contribution >= 0.6 is 0 Å². The number of nitrogens with zero attached hydrogens (tertiary/aromatic N) is 6. The lowest BCUT2D eigenvalue weighted by atomic mass is 10.2. The maximum Gasteiger partial charge on any atom is 0.263 e. The highest BCUT2D eigenvalue weighted by molar-refractivity contribution is 5.84. The molecule has 0 aliphatic rings. The van der Waals surface area contributed by atoms with Crippen molar-refractivity contribution in [1.29, 1.82) is 0 Å². The van der Waals surface area contributed by atoms with Crippen LogP contribution in [-0.4, -0.2) is 46.2 Å². The van der Waals surface area contributed by atoms with Crippen molar-refractivity contribution in [3.8, 4) is 5.75 Å². The minimum atomic E-state index is 0.120. The summed E-state index contributed by atoms with van der Waals surface area (Å²) in [6, 6.07) is 5.95. The maximum atomic E-state index is 5.74. The molecule has 0 aliphatic heterocycles. The Kier molecular flexibility index (Phi) is 5.67. The van der Waals surface area contributed by atoms with Crippen molar-refractivity contribution in [3.05, 3.63) is 36.4 Å². The van der Waals surface area contributed by atoms with Crippen LogP contribution in [0.2, 0.25) is 0 Å². The molecule has 0 saturated heterocycles. The number of hydrogen-bond donors (Lipinski definition) is 1. The van der Waals surface area contributed by atoms with Crippen molar-refractivity contribution in [2.24, 2.45) is 5.10 Å². The van der Waals surface area contributed by atoms with E-state index in [1.807, 2.05) is 18.2 Å². The molecule has 1 heterocycles. The third-order valence-electron chi connectivity index (χ3n) is 3.27. The fourth-order valence-corrected chi connectivity index (χ4v) is 2.08. The van der Waals surface area contributed by atoms with E-state index in [2.05, 4.69) is 46.0 Å². The maximum absolute atomic E-state index is 5.74. The quantitative estimate of drug-likeness (QED) is 0.586. The third kappa shape index (κ3) is 4.06. The predicted molar refractivity (Wildman–Crippen MR) is 90.9 cm³/mol. The topological polar surface area (TPSA) is 94.5 Å². The fourth-order valence-electron chi connectivity index (χ4n) is 2.08. The lowest BCUT2D eigenvalue weighted by Gasteiger charge is -2.22. The Morgan fingerprint density at radius 1 is 1.39 bits per heavy atom. The molecular weight excluding hydrogens is 294 g/mol. The molecular formula is C15H21N7O. The Morgan fingerprint density at radius 2 is 2.17 bits per heavy atom. The second kappa shape index (κ2) is 7.92. The summed E-state index contributed by atoms with van der Waals surface area (Å²) in [6.45, 7) is 10.2. The Bertz CT molecular complexity index is 676. The van der Waals surface area contributed by atoms with E-state index >= 15 is 0 Å². The molecule has 0 amide bonds. The Balaban J connectivity index is 2.31. The van der Waals surface area contributed by atoms with Crippen molar-refractivity contribution >= 4 is 17.9 Å². The van der Waals surface area contributed by atoms with E-state index in [0.29, 0.717) is 12.4 Å². The second-order valence-electron chi connectivity index (χ2n) is 4.67. The van der Waals surface area contributed by atoms with Gasteiger partial charge in [0.2, 0.25) is 0 Å². The number of nitrogen functional groups attached to an aromatic ring is 1. The highest BCUT2D eigenvalue weighted by Crippen LogP contribution is 2.25. The van der Waals surface area contributed by atoms with E-state index in [9.17, 15) is 0 Å². The number of nitrogens with two attached hydrogens (primary N) is 1. The van der Waals surface area contributed by atoms with E-state index in [0.717, 1.165) is 29.1 Å². The van der Waals surface area contributed by atoms with Gasteiger partial charge in [0.15, 0.2) is 0 Å². The summed E-state index contributed by atoms with van der Waals surface area (Å²) in [5.41, 5.74) is 7.48. The molecule has 0 unspecified atom stereocenters. The van der Waals surface area contributed by atoms with Gasteiger partial charge >= 0.3 is 0 Å². The van der Waals surface area contributed by atoms with Crippen molar-refractivity contribution in [3.63, 3.8) is 0 Å². The second-order valence-corrected chi connectivity index (χ2v) is 4.67. The average molecular weight is 315 g/mol. The summed E-state index contributed by atoms with van der Waals surface area (Å²) < 4.78 is 5.74. The standard InChI is InChI=1S/C15H21N7O/c1-4-9-23-14-10-13(21(5-2)6-3)8-7-12(14)11-17-22-15(16)18-19-20-22/h4,7-8,10-11H,1,5-6,9H2,2-3H3,(H2,16,18,20)/b17-11+.